The number of nitrogens with one attached hydrogen (secondary N) is 1. The van der Waals surface area contributed by atoms with E-state index in [0.29, 0.717) is 30.7 Å². The van der Waals surface area contributed by atoms with E-state index in [-0.39, 0.29) is 11.8 Å². The van der Waals surface area contributed by atoms with E-state index in [0.717, 1.165) is 0 Å². The Kier molecular flexibility index (Phi) is 5.71. The van der Waals surface area contributed by atoms with Gasteiger partial charge in [-0.1, -0.05) is 0 Å². The van der Waals surface area contributed by atoms with Gasteiger partial charge in [0, 0.05) is 12.2 Å². The van der Waals surface area contributed by atoms with Crippen LogP contribution in [0.15, 0.2) is 12.2 Å². The Hall–Kier alpha value is -1.89. The van der Waals surface area contributed by atoms with Crippen molar-refractivity contribution in [2.75, 3.05) is 40.3 Å². The molecule has 0 atom stereocenters. The molecule has 0 radical (unpaired) electrons. The summed E-state index contributed by atoms with van der Waals surface area (Å²) in [6.07, 6.45) is 2.13. The summed E-state index contributed by atoms with van der Waals surface area (Å²) >= 11 is 0. The average molecular weight is 312 g/mol. The minimum absolute atomic E-state index is 0.267. The zero-order valence-electron chi connectivity index (χ0n) is 14.0. The topological polar surface area (TPSA) is 75.7 Å². The van der Waals surface area contributed by atoms with Crippen molar-refractivity contribution in [3.8, 4) is 0 Å². The van der Waals surface area contributed by atoms with Gasteiger partial charge in [-0.2, -0.15) is 0 Å². The van der Waals surface area contributed by atoms with E-state index >= 15 is 0 Å². The van der Waals surface area contributed by atoms with Crippen LogP contribution in [-0.2, 0) is 14.3 Å². The van der Waals surface area contributed by atoms with Crippen LogP contribution in [0.3, 0.4) is 0 Å². The normalized spacial score (nSPS) is 15.4. The number of ether oxygens (including phenoxy) is 1. The van der Waals surface area contributed by atoms with Gasteiger partial charge in [0.05, 0.1) is 40.3 Å². The second kappa shape index (κ2) is 6.91. The summed E-state index contributed by atoms with van der Waals surface area (Å²) in [6.45, 7) is 7.55. The van der Waals surface area contributed by atoms with Gasteiger partial charge < -0.3 is 14.5 Å². The van der Waals surface area contributed by atoms with Gasteiger partial charge in [0.2, 0.25) is 0 Å². The number of imide groups is 1. The Labute approximate surface area is 131 Å². The van der Waals surface area contributed by atoms with Gasteiger partial charge in [-0.05, 0) is 20.8 Å². The summed E-state index contributed by atoms with van der Waals surface area (Å²) in [7, 11) is 3.96. The summed E-state index contributed by atoms with van der Waals surface area (Å²) in [4.78, 5) is 35.7. The quantitative estimate of drug-likeness (QED) is 0.573. The maximum Gasteiger partial charge on any atom is 0.407 e. The largest absolute Gasteiger partial charge is 0.444 e. The highest BCUT2D eigenvalue weighted by Gasteiger charge is 2.26. The van der Waals surface area contributed by atoms with Crippen molar-refractivity contribution in [1.29, 1.82) is 0 Å². The van der Waals surface area contributed by atoms with Gasteiger partial charge in [0.15, 0.2) is 0 Å². The number of quaternary nitrogens is 1. The van der Waals surface area contributed by atoms with Crippen LogP contribution in [0, 0.1) is 0 Å². The lowest BCUT2D eigenvalue weighted by molar-refractivity contribution is -0.888. The molecule has 0 spiro atoms. The van der Waals surface area contributed by atoms with Crippen LogP contribution < -0.4 is 5.32 Å². The molecule has 1 aliphatic heterocycles. The Balaban J connectivity index is 2.31. The first-order valence-corrected chi connectivity index (χ1v) is 7.33. The Bertz CT molecular complexity index is 460. The van der Waals surface area contributed by atoms with E-state index in [1.165, 1.54) is 17.1 Å². The van der Waals surface area contributed by atoms with Crippen molar-refractivity contribution in [3.05, 3.63) is 12.2 Å². The molecule has 1 aliphatic rings. The van der Waals surface area contributed by atoms with Crippen LogP contribution in [0.1, 0.15) is 20.8 Å². The molecule has 0 bridgehead atoms. The third-order valence-corrected chi connectivity index (χ3v) is 3.21. The standard InChI is InChI=1S/C15H25N3O4/c1-15(2,3)22-14(21)16-8-10-18(4,5)11-9-17-12(19)6-7-13(17)20/h6-7H,8-11H2,1-5H3/p+1. The molecular formula is C15H26N3O4+. The summed E-state index contributed by atoms with van der Waals surface area (Å²) in [5.41, 5.74) is -0.516. The lowest BCUT2D eigenvalue weighted by atomic mass is 10.2. The van der Waals surface area contributed by atoms with Crippen LogP contribution in [0.2, 0.25) is 0 Å². The number of amides is 3. The van der Waals surface area contributed by atoms with E-state index in [1.807, 2.05) is 34.9 Å². The van der Waals surface area contributed by atoms with E-state index in [9.17, 15) is 14.4 Å². The van der Waals surface area contributed by atoms with Crippen molar-refractivity contribution in [2.45, 2.75) is 26.4 Å². The molecule has 7 nitrogen and oxygen atoms in total. The minimum Gasteiger partial charge on any atom is -0.444 e. The first-order chi connectivity index (χ1) is 10.0. The smallest absolute Gasteiger partial charge is 0.407 e. The zero-order valence-corrected chi connectivity index (χ0v) is 14.0. The Morgan fingerprint density at radius 3 is 2.23 bits per heavy atom. The zero-order chi connectivity index (χ0) is 17.0. The van der Waals surface area contributed by atoms with Gasteiger partial charge in [-0.15, -0.1) is 0 Å². The van der Waals surface area contributed by atoms with Gasteiger partial charge in [-0.25, -0.2) is 4.79 Å². The fourth-order valence-corrected chi connectivity index (χ4v) is 1.91. The molecule has 0 aromatic heterocycles. The second-order valence-corrected chi connectivity index (χ2v) is 6.97. The first kappa shape index (κ1) is 18.2. The van der Waals surface area contributed by atoms with Crippen LogP contribution in [0.25, 0.3) is 0 Å². The molecule has 0 aromatic rings. The molecule has 0 aliphatic carbocycles. The third-order valence-electron chi connectivity index (χ3n) is 3.21. The summed E-state index contributed by atoms with van der Waals surface area (Å²) in [6, 6.07) is 0. The predicted octanol–water partition coefficient (Wildman–Crippen LogP) is 0.513. The van der Waals surface area contributed by atoms with Crippen molar-refractivity contribution in [1.82, 2.24) is 10.2 Å². The molecule has 124 valence electrons. The number of alkyl carbamates (subject to hydrolysis) is 1. The number of hydrogen-bond acceptors (Lipinski definition) is 4. The van der Waals surface area contributed by atoms with E-state index in [4.69, 9.17) is 4.74 Å². The highest BCUT2D eigenvalue weighted by molar-refractivity contribution is 6.12. The van der Waals surface area contributed by atoms with E-state index < -0.39 is 11.7 Å². The molecule has 7 heteroatoms. The second-order valence-electron chi connectivity index (χ2n) is 6.97. The number of carbonyl (C=O) groups excluding carboxylic acids is 3. The summed E-state index contributed by atoms with van der Waals surface area (Å²) in [5, 5.41) is 2.70. The molecule has 22 heavy (non-hydrogen) atoms. The summed E-state index contributed by atoms with van der Waals surface area (Å²) in [5.74, 6) is -0.534. The van der Waals surface area contributed by atoms with Crippen LogP contribution in [0.5, 0.6) is 0 Å². The summed E-state index contributed by atoms with van der Waals surface area (Å²) < 4.78 is 5.74. The lowest BCUT2D eigenvalue weighted by Gasteiger charge is -2.31. The fourth-order valence-electron chi connectivity index (χ4n) is 1.91. The molecule has 1 N–H and O–H groups in total. The number of nitrogens with zero attached hydrogens (tertiary/aromatic N) is 2. The van der Waals surface area contributed by atoms with Crippen LogP contribution >= 0.6 is 0 Å². The van der Waals surface area contributed by atoms with Crippen molar-refractivity contribution in [3.63, 3.8) is 0 Å². The lowest BCUT2D eigenvalue weighted by Crippen LogP contribution is -2.50. The fraction of sp³-hybridized carbons (Fsp3) is 0.667. The van der Waals surface area contributed by atoms with Crippen molar-refractivity contribution < 1.29 is 23.6 Å². The molecular weight excluding hydrogens is 286 g/mol. The molecule has 1 heterocycles. The molecule has 0 unspecified atom stereocenters. The van der Waals surface area contributed by atoms with E-state index in [2.05, 4.69) is 5.32 Å². The molecule has 0 fully saturated rings. The minimum atomic E-state index is -0.516. The predicted molar refractivity (Wildman–Crippen MR) is 81.9 cm³/mol. The van der Waals surface area contributed by atoms with Crippen LogP contribution in [0.4, 0.5) is 4.79 Å². The van der Waals surface area contributed by atoms with Crippen LogP contribution in [-0.4, -0.2) is 73.2 Å². The Morgan fingerprint density at radius 1 is 1.18 bits per heavy atom. The molecule has 0 aromatic carbocycles. The first-order valence-electron chi connectivity index (χ1n) is 7.33. The molecule has 0 saturated heterocycles. The average Bonchev–Trinajstić information content (AvgIpc) is 2.64. The van der Waals surface area contributed by atoms with Crippen molar-refractivity contribution >= 4 is 17.9 Å². The molecule has 3 amide bonds. The number of hydrogen-bond donors (Lipinski definition) is 1. The van der Waals surface area contributed by atoms with E-state index in [1.54, 1.807) is 0 Å². The Morgan fingerprint density at radius 2 is 1.73 bits per heavy atom. The third kappa shape index (κ3) is 6.26. The number of carbonyl (C=O) groups is 3. The molecule has 1 rings (SSSR count). The van der Waals surface area contributed by atoms with Gasteiger partial charge >= 0.3 is 6.09 Å². The van der Waals surface area contributed by atoms with Gasteiger partial charge in [-0.3, -0.25) is 14.5 Å². The molecule has 0 saturated carbocycles. The van der Waals surface area contributed by atoms with Gasteiger partial charge in [0.25, 0.3) is 11.8 Å². The SMILES string of the molecule is CC(C)(C)OC(=O)NCC[N+](C)(C)CCN1C(=O)C=CC1=O. The highest BCUT2D eigenvalue weighted by Crippen LogP contribution is 2.07. The number of rotatable bonds is 6. The highest BCUT2D eigenvalue weighted by atomic mass is 16.6. The monoisotopic (exact) mass is 312 g/mol. The maximum atomic E-state index is 11.6. The van der Waals surface area contributed by atoms with Gasteiger partial charge in [0.1, 0.15) is 5.60 Å². The maximum absolute atomic E-state index is 11.6. The van der Waals surface area contributed by atoms with Crippen molar-refractivity contribution in [2.24, 2.45) is 0 Å². The number of likely N-dealkylation sites (N-methyl/N-ethyl adjacent to an activating group) is 1.